The molecule has 0 spiro atoms. The molecule has 20 heavy (non-hydrogen) atoms. The molecule has 0 radical (unpaired) electrons. The fraction of sp³-hybridized carbons (Fsp3) is 0.571. The van der Waals surface area contributed by atoms with Gasteiger partial charge in [-0.2, -0.15) is 0 Å². The standard InChI is InChI=1S/C14H21NO4S/c16-9-7-12-3-5-14(6-4-12)20(17,18)15-8-10-19-11-13-1-2-13/h3-6,13,15-16H,1-2,7-11H2. The minimum absolute atomic E-state index is 0.0582. The monoisotopic (exact) mass is 299 g/mol. The molecule has 0 amide bonds. The Morgan fingerprint density at radius 1 is 1.25 bits per heavy atom. The van der Waals surface area contributed by atoms with Crippen molar-refractivity contribution in [3.8, 4) is 0 Å². The van der Waals surface area contributed by atoms with Gasteiger partial charge in [-0.05, 0) is 42.9 Å². The van der Waals surface area contributed by atoms with Crippen molar-refractivity contribution in [2.75, 3.05) is 26.4 Å². The molecular formula is C14H21NO4S. The Hall–Kier alpha value is -0.950. The molecule has 0 atom stereocenters. The van der Waals surface area contributed by atoms with E-state index in [0.29, 0.717) is 18.9 Å². The highest BCUT2D eigenvalue weighted by molar-refractivity contribution is 7.89. The van der Waals surface area contributed by atoms with Crippen molar-refractivity contribution in [1.82, 2.24) is 4.72 Å². The van der Waals surface area contributed by atoms with Gasteiger partial charge in [0.2, 0.25) is 10.0 Å². The van der Waals surface area contributed by atoms with E-state index in [1.54, 1.807) is 24.3 Å². The lowest BCUT2D eigenvalue weighted by Crippen LogP contribution is -2.27. The van der Waals surface area contributed by atoms with E-state index in [1.165, 1.54) is 12.8 Å². The van der Waals surface area contributed by atoms with Gasteiger partial charge in [0.15, 0.2) is 0 Å². The van der Waals surface area contributed by atoms with Crippen LogP contribution in [0.5, 0.6) is 0 Å². The fourth-order valence-corrected chi connectivity index (χ4v) is 2.84. The predicted molar refractivity (Wildman–Crippen MR) is 76.0 cm³/mol. The largest absolute Gasteiger partial charge is 0.396 e. The molecule has 5 nitrogen and oxygen atoms in total. The third-order valence-electron chi connectivity index (χ3n) is 3.22. The van der Waals surface area contributed by atoms with Gasteiger partial charge >= 0.3 is 0 Å². The third kappa shape index (κ3) is 4.86. The summed E-state index contributed by atoms with van der Waals surface area (Å²) in [5.74, 6) is 0.686. The smallest absolute Gasteiger partial charge is 0.240 e. The first-order chi connectivity index (χ1) is 9.62. The molecule has 0 bridgehead atoms. The molecule has 1 saturated carbocycles. The quantitative estimate of drug-likeness (QED) is 0.665. The van der Waals surface area contributed by atoms with E-state index in [2.05, 4.69) is 4.72 Å². The highest BCUT2D eigenvalue weighted by atomic mass is 32.2. The normalized spacial score (nSPS) is 15.4. The van der Waals surface area contributed by atoms with Gasteiger partial charge in [-0.1, -0.05) is 12.1 Å². The van der Waals surface area contributed by atoms with Crippen LogP contribution in [-0.4, -0.2) is 39.9 Å². The summed E-state index contributed by atoms with van der Waals surface area (Å²) < 4.78 is 31.9. The van der Waals surface area contributed by atoms with Crippen molar-refractivity contribution in [2.45, 2.75) is 24.2 Å². The lowest BCUT2D eigenvalue weighted by molar-refractivity contribution is 0.129. The molecule has 0 unspecified atom stereocenters. The van der Waals surface area contributed by atoms with Crippen molar-refractivity contribution in [3.05, 3.63) is 29.8 Å². The van der Waals surface area contributed by atoms with Crippen molar-refractivity contribution in [2.24, 2.45) is 5.92 Å². The van der Waals surface area contributed by atoms with E-state index in [-0.39, 0.29) is 18.0 Å². The molecule has 1 aromatic carbocycles. The van der Waals surface area contributed by atoms with Crippen LogP contribution in [0, 0.1) is 5.92 Å². The van der Waals surface area contributed by atoms with Gasteiger partial charge < -0.3 is 9.84 Å². The molecule has 1 aliphatic rings. The second-order valence-corrected chi connectivity index (χ2v) is 6.80. The number of nitrogens with one attached hydrogen (secondary N) is 1. The molecule has 1 aliphatic carbocycles. The van der Waals surface area contributed by atoms with Gasteiger partial charge in [-0.25, -0.2) is 13.1 Å². The molecule has 0 aromatic heterocycles. The van der Waals surface area contributed by atoms with E-state index in [0.717, 1.165) is 12.2 Å². The van der Waals surface area contributed by atoms with E-state index < -0.39 is 10.0 Å². The lowest BCUT2D eigenvalue weighted by Gasteiger charge is -2.08. The summed E-state index contributed by atoms with van der Waals surface area (Å²) in [5.41, 5.74) is 0.916. The van der Waals surface area contributed by atoms with Crippen LogP contribution in [0.25, 0.3) is 0 Å². The summed E-state index contributed by atoms with van der Waals surface area (Å²) in [6.07, 6.45) is 2.99. The average Bonchev–Trinajstić information content (AvgIpc) is 3.23. The zero-order valence-electron chi connectivity index (χ0n) is 11.4. The van der Waals surface area contributed by atoms with Crippen molar-refractivity contribution >= 4 is 10.0 Å². The van der Waals surface area contributed by atoms with Crippen LogP contribution in [0.3, 0.4) is 0 Å². The number of rotatable bonds is 9. The number of aliphatic hydroxyl groups is 1. The number of sulfonamides is 1. The lowest BCUT2D eigenvalue weighted by atomic mass is 10.2. The maximum atomic E-state index is 12.0. The summed E-state index contributed by atoms with van der Waals surface area (Å²) in [5, 5.41) is 8.81. The molecule has 2 rings (SSSR count). The number of benzene rings is 1. The minimum Gasteiger partial charge on any atom is -0.396 e. The van der Waals surface area contributed by atoms with Crippen LogP contribution in [0.1, 0.15) is 18.4 Å². The highest BCUT2D eigenvalue weighted by Gasteiger charge is 2.21. The molecule has 6 heteroatoms. The van der Waals surface area contributed by atoms with E-state index in [1.807, 2.05) is 0 Å². The number of ether oxygens (including phenoxy) is 1. The highest BCUT2D eigenvalue weighted by Crippen LogP contribution is 2.28. The van der Waals surface area contributed by atoms with Crippen LogP contribution in [0.2, 0.25) is 0 Å². The molecule has 112 valence electrons. The summed E-state index contributed by atoms with van der Waals surface area (Å²) in [6.45, 7) is 1.48. The Balaban J connectivity index is 1.78. The Bertz CT molecular complexity index is 508. The zero-order valence-corrected chi connectivity index (χ0v) is 12.2. The summed E-state index contributed by atoms with van der Waals surface area (Å²) in [4.78, 5) is 0.237. The second kappa shape index (κ2) is 7.17. The van der Waals surface area contributed by atoms with E-state index in [9.17, 15) is 8.42 Å². The molecule has 0 heterocycles. The first kappa shape index (κ1) is 15.4. The molecule has 1 aromatic rings. The summed E-state index contributed by atoms with van der Waals surface area (Å²) in [6, 6.07) is 6.54. The second-order valence-electron chi connectivity index (χ2n) is 5.03. The fourth-order valence-electron chi connectivity index (χ4n) is 1.83. The topological polar surface area (TPSA) is 75.6 Å². The Labute approximate surface area is 120 Å². The first-order valence-electron chi connectivity index (χ1n) is 6.89. The first-order valence-corrected chi connectivity index (χ1v) is 8.37. The van der Waals surface area contributed by atoms with E-state index in [4.69, 9.17) is 9.84 Å². The summed E-state index contributed by atoms with van der Waals surface area (Å²) in [7, 11) is -3.47. The Morgan fingerprint density at radius 2 is 1.95 bits per heavy atom. The van der Waals surface area contributed by atoms with Crippen LogP contribution in [-0.2, 0) is 21.2 Å². The van der Waals surface area contributed by atoms with Crippen LogP contribution < -0.4 is 4.72 Å². The number of aliphatic hydroxyl groups excluding tert-OH is 1. The Kier molecular flexibility index (Phi) is 5.54. The maximum absolute atomic E-state index is 12.0. The van der Waals surface area contributed by atoms with Gasteiger partial charge in [0.05, 0.1) is 11.5 Å². The van der Waals surface area contributed by atoms with Gasteiger partial charge in [0, 0.05) is 19.8 Å². The average molecular weight is 299 g/mol. The van der Waals surface area contributed by atoms with Crippen molar-refractivity contribution < 1.29 is 18.3 Å². The molecular weight excluding hydrogens is 278 g/mol. The minimum atomic E-state index is -3.47. The van der Waals surface area contributed by atoms with Crippen LogP contribution >= 0.6 is 0 Å². The van der Waals surface area contributed by atoms with Gasteiger partial charge in [0.25, 0.3) is 0 Å². The number of hydrogen-bond donors (Lipinski definition) is 2. The van der Waals surface area contributed by atoms with Crippen LogP contribution in [0.4, 0.5) is 0 Å². The van der Waals surface area contributed by atoms with Crippen LogP contribution in [0.15, 0.2) is 29.2 Å². The maximum Gasteiger partial charge on any atom is 0.240 e. The third-order valence-corrected chi connectivity index (χ3v) is 4.70. The zero-order chi connectivity index (χ0) is 14.4. The van der Waals surface area contributed by atoms with Gasteiger partial charge in [-0.15, -0.1) is 0 Å². The molecule has 1 fully saturated rings. The van der Waals surface area contributed by atoms with E-state index >= 15 is 0 Å². The molecule has 2 N–H and O–H groups in total. The predicted octanol–water partition coefficient (Wildman–Crippen LogP) is 0.926. The van der Waals surface area contributed by atoms with Crippen molar-refractivity contribution in [1.29, 1.82) is 0 Å². The van der Waals surface area contributed by atoms with Gasteiger partial charge in [0.1, 0.15) is 0 Å². The molecule has 0 saturated heterocycles. The molecule has 0 aliphatic heterocycles. The SMILES string of the molecule is O=S(=O)(NCCOCC1CC1)c1ccc(CCO)cc1. The van der Waals surface area contributed by atoms with Gasteiger partial charge in [-0.3, -0.25) is 0 Å². The van der Waals surface area contributed by atoms with Crippen molar-refractivity contribution in [3.63, 3.8) is 0 Å². The number of hydrogen-bond acceptors (Lipinski definition) is 4. The Morgan fingerprint density at radius 3 is 2.55 bits per heavy atom. The summed E-state index contributed by atoms with van der Waals surface area (Å²) >= 11 is 0.